The second-order valence-corrected chi connectivity index (χ2v) is 7.85. The van der Waals surface area contributed by atoms with E-state index in [1.807, 2.05) is 12.1 Å². The van der Waals surface area contributed by atoms with Gasteiger partial charge in [0.1, 0.15) is 0 Å². The van der Waals surface area contributed by atoms with Crippen LogP contribution in [-0.2, 0) is 6.42 Å². The van der Waals surface area contributed by atoms with E-state index in [9.17, 15) is 0 Å². The molecule has 1 saturated heterocycles. The van der Waals surface area contributed by atoms with Crippen molar-refractivity contribution in [3.8, 4) is 0 Å². The highest BCUT2D eigenvalue weighted by Gasteiger charge is 2.23. The van der Waals surface area contributed by atoms with Gasteiger partial charge in [0, 0.05) is 11.1 Å². The largest absolute Gasteiger partial charge is 0.310 e. The Morgan fingerprint density at radius 3 is 2.56 bits per heavy atom. The normalized spacial score (nSPS) is 21.9. The van der Waals surface area contributed by atoms with E-state index in [0.717, 1.165) is 11.6 Å². The molecule has 2 heterocycles. The fourth-order valence-electron chi connectivity index (χ4n) is 4.39. The van der Waals surface area contributed by atoms with Gasteiger partial charge in [-0.2, -0.15) is 0 Å². The summed E-state index contributed by atoms with van der Waals surface area (Å²) in [6.45, 7) is 4.73. The van der Waals surface area contributed by atoms with Gasteiger partial charge in [-0.3, -0.25) is 0 Å². The number of rotatable bonds is 4. The fourth-order valence-corrected chi connectivity index (χ4v) is 4.51. The van der Waals surface area contributed by atoms with Crippen LogP contribution >= 0.6 is 11.6 Å². The maximum absolute atomic E-state index is 6.01. The fraction of sp³-hybridized carbons (Fsp3) is 0.455. The van der Waals surface area contributed by atoms with Gasteiger partial charge >= 0.3 is 0 Å². The Morgan fingerprint density at radius 2 is 1.76 bits per heavy atom. The molecule has 2 aliphatic rings. The summed E-state index contributed by atoms with van der Waals surface area (Å²) in [6, 6.07) is 17.9. The molecule has 25 heavy (non-hydrogen) atoms. The zero-order chi connectivity index (χ0) is 17.1. The van der Waals surface area contributed by atoms with Crippen LogP contribution in [0.5, 0.6) is 0 Å². The minimum Gasteiger partial charge on any atom is -0.310 e. The van der Waals surface area contributed by atoms with Gasteiger partial charge in [0.25, 0.3) is 0 Å². The van der Waals surface area contributed by atoms with Gasteiger partial charge in [0.15, 0.2) is 0 Å². The first-order valence-corrected chi connectivity index (χ1v) is 9.96. The van der Waals surface area contributed by atoms with E-state index in [2.05, 4.69) is 46.6 Å². The molecule has 2 nitrogen and oxygen atoms in total. The van der Waals surface area contributed by atoms with Crippen molar-refractivity contribution in [2.75, 3.05) is 26.2 Å². The van der Waals surface area contributed by atoms with Crippen molar-refractivity contribution in [1.29, 1.82) is 0 Å². The van der Waals surface area contributed by atoms with Gasteiger partial charge in [-0.15, -0.1) is 0 Å². The predicted molar refractivity (Wildman–Crippen MR) is 105 cm³/mol. The van der Waals surface area contributed by atoms with E-state index in [1.165, 1.54) is 62.0 Å². The molecule has 0 aliphatic carbocycles. The van der Waals surface area contributed by atoms with Crippen molar-refractivity contribution in [3.63, 3.8) is 0 Å². The van der Waals surface area contributed by atoms with Crippen molar-refractivity contribution < 1.29 is 0 Å². The molecule has 132 valence electrons. The Morgan fingerprint density at radius 1 is 1.00 bits per heavy atom. The first-order chi connectivity index (χ1) is 12.3. The number of likely N-dealkylation sites (tertiary alicyclic amines) is 1. The van der Waals surface area contributed by atoms with Crippen molar-refractivity contribution in [2.24, 2.45) is 0 Å². The van der Waals surface area contributed by atoms with Crippen LogP contribution < -0.4 is 5.32 Å². The Balaban J connectivity index is 1.29. The molecular formula is C22H27ClN2. The van der Waals surface area contributed by atoms with E-state index in [1.54, 1.807) is 0 Å². The van der Waals surface area contributed by atoms with Crippen LogP contribution in [0.4, 0.5) is 0 Å². The number of hydrogen-bond acceptors (Lipinski definition) is 2. The predicted octanol–water partition coefficient (Wildman–Crippen LogP) is 4.80. The number of halogens is 1. The molecule has 2 aromatic carbocycles. The zero-order valence-corrected chi connectivity index (χ0v) is 15.5. The van der Waals surface area contributed by atoms with Crippen LogP contribution in [0.3, 0.4) is 0 Å². The quantitative estimate of drug-likeness (QED) is 0.848. The smallest absolute Gasteiger partial charge is 0.0406 e. The van der Waals surface area contributed by atoms with Crippen LogP contribution in [-0.4, -0.2) is 31.1 Å². The second kappa shape index (κ2) is 7.90. The van der Waals surface area contributed by atoms with E-state index in [-0.39, 0.29) is 0 Å². The van der Waals surface area contributed by atoms with E-state index >= 15 is 0 Å². The van der Waals surface area contributed by atoms with Gasteiger partial charge in [0.05, 0.1) is 0 Å². The average molecular weight is 355 g/mol. The molecule has 4 rings (SSSR count). The Labute approximate surface area is 156 Å². The monoisotopic (exact) mass is 354 g/mol. The van der Waals surface area contributed by atoms with Crippen LogP contribution in [0.2, 0.25) is 5.02 Å². The molecule has 0 radical (unpaired) electrons. The highest BCUT2D eigenvalue weighted by molar-refractivity contribution is 6.30. The second-order valence-electron chi connectivity index (χ2n) is 7.41. The zero-order valence-electron chi connectivity index (χ0n) is 14.8. The molecule has 1 fully saturated rings. The first-order valence-electron chi connectivity index (χ1n) is 9.58. The lowest BCUT2D eigenvalue weighted by Crippen LogP contribution is -2.37. The van der Waals surface area contributed by atoms with Crippen molar-refractivity contribution >= 4 is 11.6 Å². The van der Waals surface area contributed by atoms with E-state index in [4.69, 9.17) is 11.6 Å². The number of hydrogen-bond donors (Lipinski definition) is 1. The molecule has 2 aliphatic heterocycles. The molecule has 0 bridgehead atoms. The van der Waals surface area contributed by atoms with Crippen LogP contribution in [0.1, 0.15) is 47.9 Å². The molecule has 0 amide bonds. The first kappa shape index (κ1) is 17.1. The lowest BCUT2D eigenvalue weighted by Gasteiger charge is -2.34. The van der Waals surface area contributed by atoms with Gasteiger partial charge in [0.2, 0.25) is 0 Å². The molecule has 1 atom stereocenters. The third-order valence-electron chi connectivity index (χ3n) is 5.88. The summed E-state index contributed by atoms with van der Waals surface area (Å²) in [7, 11) is 0. The number of nitrogens with zero attached hydrogens (tertiary/aromatic N) is 1. The molecule has 0 spiro atoms. The summed E-state index contributed by atoms with van der Waals surface area (Å²) in [5.41, 5.74) is 4.50. The highest BCUT2D eigenvalue weighted by Crippen LogP contribution is 2.30. The van der Waals surface area contributed by atoms with Gasteiger partial charge in [-0.1, -0.05) is 48.0 Å². The number of nitrogens with one attached hydrogen (secondary N) is 1. The number of piperidine rings is 1. The number of benzene rings is 2. The SMILES string of the molecule is Clc1ccc(C2CCN(CCC3NCCc4ccccc43)CC2)cc1. The summed E-state index contributed by atoms with van der Waals surface area (Å²) in [6.07, 6.45) is 4.90. The third kappa shape index (κ3) is 4.08. The number of fused-ring (bicyclic) bond motifs is 1. The molecule has 0 aromatic heterocycles. The van der Waals surface area contributed by atoms with Crippen LogP contribution in [0.15, 0.2) is 48.5 Å². The molecule has 3 heteroatoms. The summed E-state index contributed by atoms with van der Waals surface area (Å²) >= 11 is 6.01. The summed E-state index contributed by atoms with van der Waals surface area (Å²) in [5, 5.41) is 4.55. The van der Waals surface area contributed by atoms with Gasteiger partial charge < -0.3 is 10.2 Å². The lowest BCUT2D eigenvalue weighted by molar-refractivity contribution is 0.201. The topological polar surface area (TPSA) is 15.3 Å². The minimum atomic E-state index is 0.527. The third-order valence-corrected chi connectivity index (χ3v) is 6.13. The Bertz CT molecular complexity index is 689. The maximum atomic E-state index is 6.01. The Hall–Kier alpha value is -1.35. The Kier molecular flexibility index (Phi) is 5.40. The summed E-state index contributed by atoms with van der Waals surface area (Å²) in [5.74, 6) is 0.696. The van der Waals surface area contributed by atoms with Crippen molar-refractivity contribution in [1.82, 2.24) is 10.2 Å². The van der Waals surface area contributed by atoms with E-state index < -0.39 is 0 Å². The molecule has 2 aromatic rings. The standard InChI is InChI=1S/C22H27ClN2/c23-20-7-5-17(6-8-20)18-10-14-25(15-11-18)16-12-22-21-4-2-1-3-19(21)9-13-24-22/h1-8,18,22,24H,9-16H2. The van der Waals surface area contributed by atoms with Crippen molar-refractivity contribution in [3.05, 3.63) is 70.2 Å². The lowest BCUT2D eigenvalue weighted by atomic mass is 9.89. The van der Waals surface area contributed by atoms with Crippen LogP contribution in [0, 0.1) is 0 Å². The summed E-state index contributed by atoms with van der Waals surface area (Å²) < 4.78 is 0. The van der Waals surface area contributed by atoms with Crippen LogP contribution in [0.25, 0.3) is 0 Å². The molecule has 1 N–H and O–H groups in total. The summed E-state index contributed by atoms with van der Waals surface area (Å²) in [4.78, 5) is 2.64. The molecule has 1 unspecified atom stereocenters. The maximum Gasteiger partial charge on any atom is 0.0406 e. The minimum absolute atomic E-state index is 0.527. The molecule has 0 saturated carbocycles. The van der Waals surface area contributed by atoms with Crippen molar-refractivity contribution in [2.45, 2.75) is 37.6 Å². The van der Waals surface area contributed by atoms with E-state index in [0.29, 0.717) is 12.0 Å². The highest BCUT2D eigenvalue weighted by atomic mass is 35.5. The van der Waals surface area contributed by atoms with Gasteiger partial charge in [-0.05, 0) is 86.6 Å². The molecular weight excluding hydrogens is 328 g/mol. The average Bonchev–Trinajstić information content (AvgIpc) is 2.67. The van der Waals surface area contributed by atoms with Gasteiger partial charge in [-0.25, -0.2) is 0 Å².